The number of rotatable bonds is 16. The fourth-order valence-corrected chi connectivity index (χ4v) is 4.30. The smallest absolute Gasteiger partial charge is 0.271 e. The number of nitrogens with one attached hydrogen (secondary N) is 2. The van der Waals surface area contributed by atoms with Crippen LogP contribution in [0.25, 0.3) is 12.2 Å². The highest BCUT2D eigenvalue weighted by Crippen LogP contribution is 2.30. The average molecular weight is 683 g/mol. The van der Waals surface area contributed by atoms with Crippen LogP contribution < -0.4 is 29.6 Å². The Morgan fingerprint density at radius 1 is 0.620 bits per heavy atom. The lowest BCUT2D eigenvalue weighted by molar-refractivity contribution is -0.385. The first kappa shape index (κ1) is 35.8. The van der Waals surface area contributed by atoms with Gasteiger partial charge in [0.25, 0.3) is 23.2 Å². The quantitative estimate of drug-likeness (QED) is 0.0816. The van der Waals surface area contributed by atoms with Crippen molar-refractivity contribution in [2.75, 3.05) is 38.1 Å². The molecule has 0 saturated carbocycles. The topological polar surface area (TPSA) is 198 Å². The van der Waals surface area contributed by atoms with Crippen LogP contribution in [0.3, 0.4) is 0 Å². The molecule has 0 bridgehead atoms. The fourth-order valence-electron chi connectivity index (χ4n) is 4.30. The summed E-state index contributed by atoms with van der Waals surface area (Å²) in [4.78, 5) is 57.9. The van der Waals surface area contributed by atoms with Gasteiger partial charge < -0.3 is 29.6 Å². The second-order valence-corrected chi connectivity index (χ2v) is 10.2. The first-order valence-corrected chi connectivity index (χ1v) is 14.6. The molecule has 0 heterocycles. The third kappa shape index (κ3) is 10.5. The predicted octanol–water partition coefficient (Wildman–Crippen LogP) is 5.85. The molecule has 15 nitrogen and oxygen atoms in total. The van der Waals surface area contributed by atoms with Crippen LogP contribution in [0.4, 0.5) is 22.7 Å². The average Bonchev–Trinajstić information content (AvgIpc) is 3.11. The van der Waals surface area contributed by atoms with Crippen LogP contribution in [-0.2, 0) is 14.4 Å². The molecule has 2 N–H and O–H groups in total. The van der Waals surface area contributed by atoms with Gasteiger partial charge in [0.1, 0.15) is 0 Å². The van der Waals surface area contributed by atoms with Gasteiger partial charge in [0.15, 0.2) is 42.0 Å². The number of methoxy groups -OCH3 is 2. The SMILES string of the molecule is COc1cc(/C=C/C(=O)/C=C/c2ccc(OCC(=O)Nc3cccc([N+](=O)[O-])c3)c(OC)c2)ccc1OCC(=O)Nc1cccc([N+](=O)[O-])c1. The molecule has 4 aromatic carbocycles. The number of carbonyl (C=O) groups is 3. The van der Waals surface area contributed by atoms with Crippen LogP contribution >= 0.6 is 0 Å². The number of hydrogen-bond donors (Lipinski definition) is 2. The third-order valence-corrected chi connectivity index (χ3v) is 6.65. The summed E-state index contributed by atoms with van der Waals surface area (Å²) in [5.74, 6) is -0.208. The van der Waals surface area contributed by atoms with E-state index >= 15 is 0 Å². The van der Waals surface area contributed by atoms with Crippen LogP contribution in [0.1, 0.15) is 11.1 Å². The van der Waals surface area contributed by atoms with E-state index in [0.717, 1.165) is 0 Å². The summed E-state index contributed by atoms with van der Waals surface area (Å²) in [6.45, 7) is -0.763. The van der Waals surface area contributed by atoms with Gasteiger partial charge in [-0.15, -0.1) is 0 Å². The third-order valence-electron chi connectivity index (χ3n) is 6.65. The molecule has 0 aliphatic carbocycles. The molecule has 0 fully saturated rings. The van der Waals surface area contributed by atoms with Crippen LogP contribution in [-0.4, -0.2) is 54.9 Å². The number of carbonyl (C=O) groups excluding carboxylic acids is 3. The maximum atomic E-state index is 12.6. The number of non-ortho nitro benzene ring substituents is 2. The number of ketones is 1. The molecule has 4 aromatic rings. The molecule has 0 atom stereocenters. The van der Waals surface area contributed by atoms with E-state index in [0.29, 0.717) is 22.6 Å². The van der Waals surface area contributed by atoms with Gasteiger partial charge in [0.2, 0.25) is 0 Å². The summed E-state index contributed by atoms with van der Waals surface area (Å²) in [6, 6.07) is 20.8. The molecule has 0 spiro atoms. The summed E-state index contributed by atoms with van der Waals surface area (Å²) < 4.78 is 21.8. The van der Waals surface area contributed by atoms with Crippen LogP contribution in [0.15, 0.2) is 97.1 Å². The Morgan fingerprint density at radius 2 is 1.04 bits per heavy atom. The number of allylic oxidation sites excluding steroid dienone is 2. The normalized spacial score (nSPS) is 10.8. The fraction of sp³-hybridized carbons (Fsp3) is 0.114. The Labute approximate surface area is 285 Å². The Balaban J connectivity index is 1.29. The highest BCUT2D eigenvalue weighted by Gasteiger charge is 2.13. The minimum absolute atomic E-state index is 0.160. The molecule has 4 rings (SSSR count). The highest BCUT2D eigenvalue weighted by atomic mass is 16.6. The maximum absolute atomic E-state index is 12.6. The van der Waals surface area contributed by atoms with E-state index in [1.165, 1.54) is 74.9 Å². The molecular formula is C35H30N4O11. The Hall–Kier alpha value is -7.03. The summed E-state index contributed by atoms with van der Waals surface area (Å²) >= 11 is 0. The minimum atomic E-state index is -0.564. The van der Waals surface area contributed by atoms with Crippen molar-refractivity contribution in [1.82, 2.24) is 0 Å². The van der Waals surface area contributed by atoms with E-state index in [4.69, 9.17) is 18.9 Å². The zero-order valence-corrected chi connectivity index (χ0v) is 26.7. The van der Waals surface area contributed by atoms with Crippen molar-refractivity contribution in [2.24, 2.45) is 0 Å². The van der Waals surface area contributed by atoms with Crippen molar-refractivity contribution in [3.63, 3.8) is 0 Å². The zero-order chi connectivity index (χ0) is 36.0. The Morgan fingerprint density at radius 3 is 1.42 bits per heavy atom. The van der Waals surface area contributed by atoms with E-state index in [1.807, 2.05) is 0 Å². The lowest BCUT2D eigenvalue weighted by Crippen LogP contribution is -2.20. The lowest BCUT2D eigenvalue weighted by Gasteiger charge is -2.11. The highest BCUT2D eigenvalue weighted by molar-refractivity contribution is 6.04. The van der Waals surface area contributed by atoms with Crippen molar-refractivity contribution < 1.29 is 43.2 Å². The standard InChI is InChI=1S/C35H30N4O11/c1-47-32-17-23(11-15-30(32)49-21-34(41)36-25-5-3-7-27(19-25)38(43)44)9-13-29(40)14-10-24-12-16-31(33(18-24)48-2)50-22-35(42)37-26-6-4-8-28(20-26)39(45)46/h3-20H,21-22H2,1-2H3,(H,36,41)(H,37,42)/b13-9+,14-10+. The van der Waals surface area contributed by atoms with Gasteiger partial charge in [0, 0.05) is 35.6 Å². The Kier molecular flexibility index (Phi) is 12.3. The monoisotopic (exact) mass is 682 g/mol. The zero-order valence-electron chi connectivity index (χ0n) is 26.7. The summed E-state index contributed by atoms with van der Waals surface area (Å²) in [6.07, 6.45) is 5.86. The van der Waals surface area contributed by atoms with Gasteiger partial charge in [-0.2, -0.15) is 0 Å². The van der Waals surface area contributed by atoms with Crippen molar-refractivity contribution in [2.45, 2.75) is 0 Å². The molecule has 256 valence electrons. The molecule has 0 aromatic heterocycles. The predicted molar refractivity (Wildman–Crippen MR) is 184 cm³/mol. The molecule has 15 heteroatoms. The van der Waals surface area contributed by atoms with Gasteiger partial charge in [-0.25, -0.2) is 0 Å². The first-order chi connectivity index (χ1) is 24.0. The van der Waals surface area contributed by atoms with E-state index in [9.17, 15) is 34.6 Å². The summed E-state index contributed by atoms with van der Waals surface area (Å²) in [5.41, 5.74) is 1.43. The molecule has 0 unspecified atom stereocenters. The number of anilines is 2. The van der Waals surface area contributed by atoms with Crippen molar-refractivity contribution in [3.8, 4) is 23.0 Å². The molecule has 0 saturated heterocycles. The molecule has 0 aliphatic heterocycles. The molecule has 2 amide bonds. The van der Waals surface area contributed by atoms with Gasteiger partial charge in [-0.05, 0) is 59.7 Å². The molecule has 0 aliphatic rings. The largest absolute Gasteiger partial charge is 0.493 e. The van der Waals surface area contributed by atoms with Crippen LogP contribution in [0, 0.1) is 20.2 Å². The van der Waals surface area contributed by atoms with Crippen molar-refractivity contribution in [3.05, 3.63) is 128 Å². The number of nitro benzene ring substituents is 2. The number of benzene rings is 4. The van der Waals surface area contributed by atoms with E-state index in [-0.39, 0.29) is 53.2 Å². The second kappa shape index (κ2) is 17.2. The van der Waals surface area contributed by atoms with Gasteiger partial charge >= 0.3 is 0 Å². The van der Waals surface area contributed by atoms with Gasteiger partial charge in [-0.3, -0.25) is 34.6 Å². The maximum Gasteiger partial charge on any atom is 0.271 e. The molecule has 50 heavy (non-hydrogen) atoms. The summed E-state index contributed by atoms with van der Waals surface area (Å²) in [7, 11) is 2.85. The number of nitro groups is 2. The number of hydrogen-bond acceptors (Lipinski definition) is 11. The summed E-state index contributed by atoms with van der Waals surface area (Å²) in [5, 5.41) is 27.0. The number of nitrogens with zero attached hydrogens (tertiary/aromatic N) is 2. The van der Waals surface area contributed by atoms with Crippen LogP contribution in [0.2, 0.25) is 0 Å². The van der Waals surface area contributed by atoms with Crippen molar-refractivity contribution >= 4 is 52.5 Å². The number of amides is 2. The van der Waals surface area contributed by atoms with Crippen molar-refractivity contribution in [1.29, 1.82) is 0 Å². The van der Waals surface area contributed by atoms with Gasteiger partial charge in [0.05, 0.1) is 24.1 Å². The van der Waals surface area contributed by atoms with E-state index in [2.05, 4.69) is 10.6 Å². The minimum Gasteiger partial charge on any atom is -0.493 e. The molecule has 0 radical (unpaired) electrons. The first-order valence-electron chi connectivity index (χ1n) is 14.6. The van der Waals surface area contributed by atoms with E-state index in [1.54, 1.807) is 48.6 Å². The number of ether oxygens (including phenoxy) is 4. The molecular weight excluding hydrogens is 652 g/mol. The lowest BCUT2D eigenvalue weighted by atomic mass is 10.1. The second-order valence-electron chi connectivity index (χ2n) is 10.2. The van der Waals surface area contributed by atoms with Gasteiger partial charge in [-0.1, -0.05) is 36.4 Å². The van der Waals surface area contributed by atoms with E-state index < -0.39 is 21.7 Å². The van der Waals surface area contributed by atoms with Crippen LogP contribution in [0.5, 0.6) is 23.0 Å². The Bertz CT molecular complexity index is 1830.